The zero-order chi connectivity index (χ0) is 23.4. The number of aryl methyl sites for hydroxylation is 2. The second-order valence-corrected chi connectivity index (χ2v) is 9.24. The lowest BCUT2D eigenvalue weighted by molar-refractivity contribution is 0.0825. The zero-order valence-electron chi connectivity index (χ0n) is 18.8. The van der Waals surface area contributed by atoms with E-state index in [0.717, 1.165) is 22.5 Å². The van der Waals surface area contributed by atoms with Crippen LogP contribution in [0.2, 0.25) is 5.02 Å². The van der Waals surface area contributed by atoms with Crippen molar-refractivity contribution >= 4 is 28.3 Å². The van der Waals surface area contributed by atoms with Gasteiger partial charge in [-0.1, -0.05) is 11.6 Å². The predicted octanol–water partition coefficient (Wildman–Crippen LogP) is 5.57. The summed E-state index contributed by atoms with van der Waals surface area (Å²) >= 11 is 5.99. The molecule has 4 heterocycles. The van der Waals surface area contributed by atoms with Gasteiger partial charge in [0.25, 0.3) is 0 Å². The van der Waals surface area contributed by atoms with Gasteiger partial charge in [-0.3, -0.25) is 4.68 Å². The lowest BCUT2D eigenvalue weighted by Gasteiger charge is -2.21. The molecule has 0 saturated heterocycles. The van der Waals surface area contributed by atoms with Crippen molar-refractivity contribution < 1.29 is 9.13 Å². The number of aromatic nitrogens is 6. The Labute approximate surface area is 200 Å². The number of ether oxygens (including phenoxy) is 1. The van der Waals surface area contributed by atoms with E-state index in [-0.39, 0.29) is 6.10 Å². The van der Waals surface area contributed by atoms with E-state index >= 15 is 0 Å². The fraction of sp³-hybridized carbons (Fsp3) is 0.320. The van der Waals surface area contributed by atoms with Gasteiger partial charge in [-0.2, -0.15) is 5.10 Å². The second kappa shape index (κ2) is 8.21. The highest BCUT2D eigenvalue weighted by Gasteiger charge is 2.27. The summed E-state index contributed by atoms with van der Waals surface area (Å²) in [7, 11) is 0. The Morgan fingerprint density at radius 3 is 2.71 bits per heavy atom. The highest BCUT2D eigenvalue weighted by molar-refractivity contribution is 6.30. The van der Waals surface area contributed by atoms with Gasteiger partial charge in [0.2, 0.25) is 0 Å². The van der Waals surface area contributed by atoms with Crippen LogP contribution in [0.1, 0.15) is 54.2 Å². The smallest absolute Gasteiger partial charge is 0.182 e. The number of hydrogen-bond acceptors (Lipinski definition) is 6. The molecule has 4 aromatic rings. The van der Waals surface area contributed by atoms with Crippen LogP contribution in [0.4, 0.5) is 4.39 Å². The van der Waals surface area contributed by atoms with Crippen molar-refractivity contribution in [2.24, 2.45) is 0 Å². The highest BCUT2D eigenvalue weighted by Crippen LogP contribution is 2.37. The molecule has 3 aromatic heterocycles. The van der Waals surface area contributed by atoms with Gasteiger partial charge in [0.05, 0.1) is 30.2 Å². The quantitative estimate of drug-likeness (QED) is 0.383. The standard InChI is InChI=1S/C25H22ClFN6O/c1-13-14(2)30-25-23(29-13)22(19-6-3-17(26)10-20(19)27)31-24(32-25)15-7-8-34-21(9-15)16-11-28-33(12-16)18-4-5-18/h3,6,9-12,18,21H,4-5,7-8H2,1-2H3/t21-/m1/s1. The van der Waals surface area contributed by atoms with Crippen LogP contribution in [0.5, 0.6) is 0 Å². The van der Waals surface area contributed by atoms with Crippen LogP contribution >= 0.6 is 11.6 Å². The molecule has 0 unspecified atom stereocenters. The van der Waals surface area contributed by atoms with Crippen LogP contribution in [-0.4, -0.2) is 36.3 Å². The molecule has 1 atom stereocenters. The Hall–Kier alpha value is -3.23. The molecule has 0 amide bonds. The molecule has 7 nitrogen and oxygen atoms in total. The topological polar surface area (TPSA) is 78.6 Å². The third-order valence-corrected chi connectivity index (χ3v) is 6.54. The van der Waals surface area contributed by atoms with Gasteiger partial charge < -0.3 is 4.74 Å². The molecule has 9 heteroatoms. The van der Waals surface area contributed by atoms with Crippen molar-refractivity contribution in [2.75, 3.05) is 6.61 Å². The normalized spacial score (nSPS) is 18.4. The van der Waals surface area contributed by atoms with Gasteiger partial charge in [0, 0.05) is 22.3 Å². The van der Waals surface area contributed by atoms with Gasteiger partial charge in [-0.15, -0.1) is 0 Å². The molecular weight excluding hydrogens is 455 g/mol. The summed E-state index contributed by atoms with van der Waals surface area (Å²) in [5, 5.41) is 4.81. The molecule has 1 aromatic carbocycles. The van der Waals surface area contributed by atoms with Crippen molar-refractivity contribution in [3.8, 4) is 11.3 Å². The summed E-state index contributed by atoms with van der Waals surface area (Å²) in [6.07, 6.45) is 8.67. The maximum Gasteiger partial charge on any atom is 0.182 e. The van der Waals surface area contributed by atoms with E-state index in [1.54, 1.807) is 12.1 Å². The van der Waals surface area contributed by atoms with Gasteiger partial charge in [0.1, 0.15) is 23.1 Å². The van der Waals surface area contributed by atoms with Crippen LogP contribution in [0, 0.1) is 19.7 Å². The molecule has 2 aliphatic rings. The lowest BCUT2D eigenvalue weighted by atomic mass is 10.0. The van der Waals surface area contributed by atoms with Crippen molar-refractivity contribution in [2.45, 2.75) is 45.3 Å². The molecule has 6 rings (SSSR count). The minimum Gasteiger partial charge on any atom is -0.369 e. The molecule has 0 N–H and O–H groups in total. The van der Waals surface area contributed by atoms with Gasteiger partial charge in [-0.25, -0.2) is 24.3 Å². The second-order valence-electron chi connectivity index (χ2n) is 8.80. The van der Waals surface area contributed by atoms with E-state index in [2.05, 4.69) is 21.3 Å². The first-order chi connectivity index (χ1) is 16.5. The van der Waals surface area contributed by atoms with E-state index in [1.807, 2.05) is 30.8 Å². The number of fused-ring (bicyclic) bond motifs is 1. The van der Waals surface area contributed by atoms with Crippen LogP contribution in [0.25, 0.3) is 28.0 Å². The Morgan fingerprint density at radius 1 is 1.09 bits per heavy atom. The van der Waals surface area contributed by atoms with Gasteiger partial charge >= 0.3 is 0 Å². The average Bonchev–Trinajstić information content (AvgIpc) is 3.56. The summed E-state index contributed by atoms with van der Waals surface area (Å²) in [5.41, 5.74) is 5.04. The Balaban J connectivity index is 1.48. The SMILES string of the molecule is Cc1nc2nc(C3=C[C@H](c4cnn(C5CC5)c4)OCC3)nc(-c3ccc(Cl)cc3F)c2nc1C. The molecule has 1 saturated carbocycles. The first-order valence-electron chi connectivity index (χ1n) is 11.3. The Morgan fingerprint density at radius 2 is 1.91 bits per heavy atom. The molecule has 34 heavy (non-hydrogen) atoms. The van der Waals surface area contributed by atoms with Crippen molar-refractivity contribution in [1.82, 2.24) is 29.7 Å². The third-order valence-electron chi connectivity index (χ3n) is 6.31. The molecular formula is C25H22ClFN6O. The number of halogens is 2. The first-order valence-corrected chi connectivity index (χ1v) is 11.7. The number of benzene rings is 1. The summed E-state index contributed by atoms with van der Waals surface area (Å²) in [4.78, 5) is 18.8. The molecule has 0 radical (unpaired) electrons. The molecule has 1 aliphatic heterocycles. The molecule has 1 fully saturated rings. The van der Waals surface area contributed by atoms with Crippen LogP contribution in [-0.2, 0) is 4.74 Å². The summed E-state index contributed by atoms with van der Waals surface area (Å²) in [6.45, 7) is 4.27. The fourth-order valence-electron chi connectivity index (χ4n) is 4.15. The van der Waals surface area contributed by atoms with Gasteiger partial charge in [-0.05, 0) is 63.0 Å². The molecule has 0 spiro atoms. The van der Waals surface area contributed by atoms with E-state index < -0.39 is 5.82 Å². The van der Waals surface area contributed by atoms with Crippen LogP contribution in [0.3, 0.4) is 0 Å². The summed E-state index contributed by atoms with van der Waals surface area (Å²) < 4.78 is 23.0. The maximum atomic E-state index is 14.9. The van der Waals surface area contributed by atoms with Crippen LogP contribution in [0.15, 0.2) is 36.7 Å². The number of nitrogens with zero attached hydrogens (tertiary/aromatic N) is 6. The maximum absolute atomic E-state index is 14.9. The highest BCUT2D eigenvalue weighted by atomic mass is 35.5. The average molecular weight is 477 g/mol. The van der Waals surface area contributed by atoms with E-state index in [4.69, 9.17) is 26.3 Å². The summed E-state index contributed by atoms with van der Waals surface area (Å²) in [5.74, 6) is 0.0297. The van der Waals surface area contributed by atoms with E-state index in [0.29, 0.717) is 52.3 Å². The Bertz CT molecular complexity index is 1460. The largest absolute Gasteiger partial charge is 0.369 e. The minimum atomic E-state index is -0.468. The van der Waals surface area contributed by atoms with E-state index in [1.165, 1.54) is 18.9 Å². The number of rotatable bonds is 4. The fourth-order valence-corrected chi connectivity index (χ4v) is 4.31. The minimum absolute atomic E-state index is 0.239. The Kier molecular flexibility index (Phi) is 5.15. The van der Waals surface area contributed by atoms with Crippen LogP contribution < -0.4 is 0 Å². The van der Waals surface area contributed by atoms with Crippen molar-refractivity contribution in [1.29, 1.82) is 0 Å². The van der Waals surface area contributed by atoms with Crippen molar-refractivity contribution in [3.63, 3.8) is 0 Å². The molecule has 1 aliphatic carbocycles. The van der Waals surface area contributed by atoms with Crippen molar-refractivity contribution in [3.05, 3.63) is 70.3 Å². The molecule has 172 valence electrons. The summed E-state index contributed by atoms with van der Waals surface area (Å²) in [6, 6.07) is 5.05. The predicted molar refractivity (Wildman–Crippen MR) is 127 cm³/mol. The monoisotopic (exact) mass is 476 g/mol. The van der Waals surface area contributed by atoms with Gasteiger partial charge in [0.15, 0.2) is 11.5 Å². The molecule has 0 bridgehead atoms. The third kappa shape index (κ3) is 3.86. The lowest BCUT2D eigenvalue weighted by Crippen LogP contribution is -2.12. The number of hydrogen-bond donors (Lipinski definition) is 0. The zero-order valence-corrected chi connectivity index (χ0v) is 19.6. The van der Waals surface area contributed by atoms with E-state index in [9.17, 15) is 4.39 Å². The first kappa shape index (κ1) is 21.3.